The molecule has 8 aromatic carbocycles. The van der Waals surface area contributed by atoms with E-state index in [1.54, 1.807) is 0 Å². The molecular weight excluding hydrogens is 572 g/mol. The van der Waals surface area contributed by atoms with Crippen LogP contribution in [0.5, 0.6) is 0 Å². The molecule has 0 fully saturated rings. The van der Waals surface area contributed by atoms with Crippen LogP contribution in [0, 0.1) is 0 Å². The van der Waals surface area contributed by atoms with Crippen molar-refractivity contribution < 1.29 is 4.42 Å². The van der Waals surface area contributed by atoms with Gasteiger partial charge in [-0.05, 0) is 71.4 Å². The highest BCUT2D eigenvalue weighted by Gasteiger charge is 2.20. The number of para-hydroxylation sites is 2. The number of hydrogen-bond acceptors (Lipinski definition) is 2. The topological polar surface area (TPSA) is 21.3 Å². The van der Waals surface area contributed by atoms with Crippen molar-refractivity contribution in [2.45, 2.75) is 0 Å². The highest BCUT2D eigenvalue weighted by atomic mass is 16.3. The van der Waals surface area contributed by atoms with Gasteiger partial charge in [0.1, 0.15) is 11.2 Å². The van der Waals surface area contributed by atoms with Gasteiger partial charge in [-0.1, -0.05) is 103 Å². The fourth-order valence-corrected chi connectivity index (χ4v) is 7.42. The van der Waals surface area contributed by atoms with Crippen molar-refractivity contribution in [2.75, 3.05) is 4.90 Å². The predicted molar refractivity (Wildman–Crippen MR) is 198 cm³/mol. The highest BCUT2D eigenvalue weighted by molar-refractivity contribution is 6.16. The lowest BCUT2D eigenvalue weighted by Gasteiger charge is -2.27. The summed E-state index contributed by atoms with van der Waals surface area (Å²) < 4.78 is 9.03. The summed E-state index contributed by atoms with van der Waals surface area (Å²) in [4.78, 5) is 2.38. The summed E-state index contributed by atoms with van der Waals surface area (Å²) in [5, 5.41) is 9.40. The molecule has 47 heavy (non-hydrogen) atoms. The van der Waals surface area contributed by atoms with Gasteiger partial charge in [0.2, 0.25) is 0 Å². The molecule has 0 bridgehead atoms. The molecule has 0 spiro atoms. The Kier molecular flexibility index (Phi) is 5.57. The number of anilines is 3. The molecule has 0 amide bonds. The van der Waals surface area contributed by atoms with Crippen LogP contribution in [0.25, 0.3) is 71.0 Å². The number of rotatable bonds is 4. The molecule has 220 valence electrons. The molecule has 2 aromatic heterocycles. The molecule has 0 aliphatic rings. The number of aromatic nitrogens is 1. The molecule has 0 saturated carbocycles. The van der Waals surface area contributed by atoms with Gasteiger partial charge in [-0.25, -0.2) is 0 Å². The first kappa shape index (κ1) is 26.0. The SMILES string of the molecule is c1ccc(-n2c3ccccc3c3cc(N(c4ccc5c(c4)oc4c6ccccc6ccc54)c4cccc5ccccc45)ccc32)cc1. The van der Waals surface area contributed by atoms with Gasteiger partial charge in [0.15, 0.2) is 0 Å². The summed E-state index contributed by atoms with van der Waals surface area (Å²) in [5.41, 5.74) is 8.59. The van der Waals surface area contributed by atoms with Gasteiger partial charge in [-0.2, -0.15) is 0 Å². The van der Waals surface area contributed by atoms with Crippen molar-refractivity contribution in [1.82, 2.24) is 4.57 Å². The first-order valence-corrected chi connectivity index (χ1v) is 16.0. The van der Waals surface area contributed by atoms with Gasteiger partial charge in [-0.3, -0.25) is 0 Å². The summed E-state index contributed by atoms with van der Waals surface area (Å²) in [6, 6.07) is 60.8. The number of benzene rings is 8. The third-order valence-corrected chi connectivity index (χ3v) is 9.54. The monoisotopic (exact) mass is 600 g/mol. The summed E-state index contributed by atoms with van der Waals surface area (Å²) in [5.74, 6) is 0. The summed E-state index contributed by atoms with van der Waals surface area (Å²) in [6.07, 6.45) is 0. The zero-order valence-electron chi connectivity index (χ0n) is 25.5. The molecule has 0 unspecified atom stereocenters. The van der Waals surface area contributed by atoms with Crippen LogP contribution in [0.4, 0.5) is 17.1 Å². The minimum Gasteiger partial charge on any atom is -0.455 e. The van der Waals surface area contributed by atoms with Crippen molar-refractivity contribution in [3.8, 4) is 5.69 Å². The van der Waals surface area contributed by atoms with E-state index in [4.69, 9.17) is 4.42 Å². The third-order valence-electron chi connectivity index (χ3n) is 9.54. The van der Waals surface area contributed by atoms with E-state index in [1.807, 2.05) is 0 Å². The molecule has 0 aliphatic heterocycles. The summed E-state index contributed by atoms with van der Waals surface area (Å²) in [6.45, 7) is 0. The molecule has 0 radical (unpaired) electrons. The first-order valence-electron chi connectivity index (χ1n) is 16.0. The summed E-state index contributed by atoms with van der Waals surface area (Å²) >= 11 is 0. The van der Waals surface area contributed by atoms with Crippen molar-refractivity contribution >= 4 is 82.4 Å². The van der Waals surface area contributed by atoms with E-state index < -0.39 is 0 Å². The quantitative estimate of drug-likeness (QED) is 0.200. The lowest BCUT2D eigenvalue weighted by atomic mass is 10.0. The van der Waals surface area contributed by atoms with Crippen LogP contribution in [-0.4, -0.2) is 4.57 Å². The molecule has 0 atom stereocenters. The van der Waals surface area contributed by atoms with Gasteiger partial charge in [-0.15, -0.1) is 0 Å². The Bertz CT molecular complexity index is 2800. The van der Waals surface area contributed by atoms with Gasteiger partial charge in [0.25, 0.3) is 0 Å². The van der Waals surface area contributed by atoms with E-state index in [9.17, 15) is 0 Å². The average Bonchev–Trinajstić information content (AvgIpc) is 3.68. The van der Waals surface area contributed by atoms with E-state index in [2.05, 4.69) is 179 Å². The minimum atomic E-state index is 0.876. The van der Waals surface area contributed by atoms with E-state index >= 15 is 0 Å². The number of nitrogens with zero attached hydrogens (tertiary/aromatic N) is 2. The summed E-state index contributed by atoms with van der Waals surface area (Å²) in [7, 11) is 0. The van der Waals surface area contributed by atoms with Crippen molar-refractivity contribution in [3.05, 3.63) is 170 Å². The van der Waals surface area contributed by atoms with Crippen molar-refractivity contribution in [1.29, 1.82) is 0 Å². The molecule has 3 nitrogen and oxygen atoms in total. The van der Waals surface area contributed by atoms with Gasteiger partial charge in [0.05, 0.1) is 16.7 Å². The maximum Gasteiger partial charge on any atom is 0.143 e. The molecule has 2 heterocycles. The van der Waals surface area contributed by atoms with Crippen molar-refractivity contribution in [3.63, 3.8) is 0 Å². The van der Waals surface area contributed by atoms with Gasteiger partial charge < -0.3 is 13.9 Å². The van der Waals surface area contributed by atoms with Crippen LogP contribution < -0.4 is 4.90 Å². The Hall–Kier alpha value is -6.32. The smallest absolute Gasteiger partial charge is 0.143 e. The number of furan rings is 1. The zero-order valence-corrected chi connectivity index (χ0v) is 25.5. The van der Waals surface area contributed by atoms with Crippen molar-refractivity contribution in [2.24, 2.45) is 0 Å². The molecule has 0 aliphatic carbocycles. The second-order valence-electron chi connectivity index (χ2n) is 12.2. The normalized spacial score (nSPS) is 11.8. The van der Waals surface area contributed by atoms with Crippen LogP contribution in [0.3, 0.4) is 0 Å². The lowest BCUT2D eigenvalue weighted by molar-refractivity contribution is 0.673. The van der Waals surface area contributed by atoms with Crippen LogP contribution in [0.2, 0.25) is 0 Å². The van der Waals surface area contributed by atoms with Crippen LogP contribution in [0.1, 0.15) is 0 Å². The van der Waals surface area contributed by atoms with Crippen LogP contribution >= 0.6 is 0 Å². The number of hydrogen-bond donors (Lipinski definition) is 0. The van der Waals surface area contributed by atoms with E-state index in [0.717, 1.165) is 50.1 Å². The first-order chi connectivity index (χ1) is 23.3. The second kappa shape index (κ2) is 10.1. The van der Waals surface area contributed by atoms with E-state index in [1.165, 1.54) is 38.0 Å². The number of fused-ring (bicyclic) bond motifs is 9. The molecular formula is C44H28N2O. The van der Waals surface area contributed by atoms with Crippen LogP contribution in [-0.2, 0) is 0 Å². The Balaban J connectivity index is 1.24. The minimum absolute atomic E-state index is 0.876. The molecule has 10 aromatic rings. The third kappa shape index (κ3) is 3.93. The fourth-order valence-electron chi connectivity index (χ4n) is 7.42. The maximum absolute atomic E-state index is 6.67. The maximum atomic E-state index is 6.67. The molecule has 10 rings (SSSR count). The lowest BCUT2D eigenvalue weighted by Crippen LogP contribution is -2.10. The molecule has 3 heteroatoms. The predicted octanol–water partition coefficient (Wildman–Crippen LogP) is 12.5. The average molecular weight is 601 g/mol. The Morgan fingerprint density at radius 1 is 0.404 bits per heavy atom. The Morgan fingerprint density at radius 2 is 1.04 bits per heavy atom. The Labute approximate surface area is 271 Å². The fraction of sp³-hybridized carbons (Fsp3) is 0. The van der Waals surface area contributed by atoms with Gasteiger partial charge in [0, 0.05) is 55.4 Å². The molecule has 0 saturated heterocycles. The largest absolute Gasteiger partial charge is 0.455 e. The van der Waals surface area contributed by atoms with E-state index in [0.29, 0.717) is 0 Å². The zero-order chi connectivity index (χ0) is 30.9. The Morgan fingerprint density at radius 3 is 1.91 bits per heavy atom. The second-order valence-corrected chi connectivity index (χ2v) is 12.2. The molecule has 0 N–H and O–H groups in total. The van der Waals surface area contributed by atoms with Crippen LogP contribution in [0.15, 0.2) is 174 Å². The van der Waals surface area contributed by atoms with E-state index in [-0.39, 0.29) is 0 Å². The highest BCUT2D eigenvalue weighted by Crippen LogP contribution is 2.44. The van der Waals surface area contributed by atoms with Gasteiger partial charge >= 0.3 is 0 Å². The standard InChI is InChI=1S/C44H28N2O/c1-2-14-31(15-3-1)46-41-19-9-8-18-36(41)39-27-32(23-26-42(39)46)45(40-20-10-13-29-11-4-6-16-34(29)40)33-22-25-37-38-24-21-30-12-5-7-17-35(30)44(38)47-43(37)28-33/h1-28H.